The second-order valence-corrected chi connectivity index (χ2v) is 10.1. The van der Waals surface area contributed by atoms with Crippen molar-refractivity contribution in [1.29, 1.82) is 0 Å². The molecular formula is C25H27ClN6O5. The Labute approximate surface area is 217 Å². The number of carbonyl (C=O) groups is 2. The molecule has 1 saturated heterocycles. The van der Waals surface area contributed by atoms with Crippen molar-refractivity contribution in [3.05, 3.63) is 56.6 Å². The summed E-state index contributed by atoms with van der Waals surface area (Å²) >= 11 is 6.08. The Morgan fingerprint density at radius 2 is 1.95 bits per heavy atom. The highest BCUT2D eigenvalue weighted by Gasteiger charge is 2.57. The molecule has 3 aromatic rings. The van der Waals surface area contributed by atoms with Gasteiger partial charge in [-0.3, -0.25) is 9.36 Å². The lowest BCUT2D eigenvalue weighted by Gasteiger charge is -2.25. The number of carbonyl (C=O) groups excluding carboxylic acids is 1. The van der Waals surface area contributed by atoms with Crippen LogP contribution < -0.4 is 21.1 Å². The lowest BCUT2D eigenvalue weighted by atomic mass is 10.0. The zero-order chi connectivity index (χ0) is 26.6. The van der Waals surface area contributed by atoms with Crippen molar-refractivity contribution >= 4 is 46.2 Å². The van der Waals surface area contributed by atoms with Crippen LogP contribution in [0.4, 0.5) is 16.4 Å². The Morgan fingerprint density at radius 3 is 2.59 bits per heavy atom. The maximum Gasteiger partial charge on any atom is 0.407 e. The van der Waals surface area contributed by atoms with Gasteiger partial charge >= 0.3 is 12.1 Å². The van der Waals surface area contributed by atoms with Crippen molar-refractivity contribution in [1.82, 2.24) is 19.9 Å². The highest BCUT2D eigenvalue weighted by Crippen LogP contribution is 2.46. The summed E-state index contributed by atoms with van der Waals surface area (Å²) in [5, 5.41) is 16.4. The molecule has 0 bridgehead atoms. The number of piperidine rings is 1. The molecule has 0 radical (unpaired) electrons. The van der Waals surface area contributed by atoms with E-state index in [9.17, 15) is 19.5 Å². The molecule has 3 heterocycles. The molecule has 3 atom stereocenters. The molecule has 2 aromatic heterocycles. The first kappa shape index (κ1) is 24.8. The highest BCUT2D eigenvalue weighted by molar-refractivity contribution is 6.30. The van der Waals surface area contributed by atoms with E-state index in [0.717, 1.165) is 11.1 Å². The number of rotatable bonds is 6. The normalized spacial score (nSPS) is 20.9. The molecule has 37 heavy (non-hydrogen) atoms. The Hall–Kier alpha value is -3.86. The number of aryl methyl sites for hydroxylation is 1. The van der Waals surface area contributed by atoms with E-state index in [4.69, 9.17) is 21.3 Å². The average molecular weight is 527 g/mol. The third-order valence-corrected chi connectivity index (χ3v) is 7.38. The Kier molecular flexibility index (Phi) is 6.18. The summed E-state index contributed by atoms with van der Waals surface area (Å²) in [6.07, 6.45) is 0.844. The van der Waals surface area contributed by atoms with Gasteiger partial charge in [0.05, 0.1) is 34.8 Å². The summed E-state index contributed by atoms with van der Waals surface area (Å²) in [6, 6.07) is 4.92. The zero-order valence-corrected chi connectivity index (χ0v) is 21.5. The second kappa shape index (κ2) is 9.22. The van der Waals surface area contributed by atoms with Crippen LogP contribution in [-0.4, -0.2) is 57.9 Å². The zero-order valence-electron chi connectivity index (χ0n) is 20.8. The van der Waals surface area contributed by atoms with E-state index in [0.29, 0.717) is 35.0 Å². The monoisotopic (exact) mass is 526 g/mol. The number of pyridine rings is 1. The fraction of sp³-hybridized carbons (Fsp3) is 0.400. The second-order valence-electron chi connectivity index (χ2n) is 9.64. The Bertz CT molecular complexity index is 1480. The van der Waals surface area contributed by atoms with Gasteiger partial charge in [-0.15, -0.1) is 0 Å². The number of fused-ring (bicyclic) bond motifs is 2. The number of aromatic nitrogens is 3. The molecule has 3 N–H and O–H groups in total. The summed E-state index contributed by atoms with van der Waals surface area (Å²) in [4.78, 5) is 47.6. The van der Waals surface area contributed by atoms with E-state index in [1.165, 1.54) is 19.4 Å². The fourth-order valence-electron chi connectivity index (χ4n) is 5.28. The SMILES string of the molecule is COC(=O)NC1C2CN(c3nc4c(C(C)Nc5cc(Cl)cnc5C(=O)O)cc(C)cc4c(=O)n3C)CC21. The van der Waals surface area contributed by atoms with Crippen LogP contribution in [0.15, 0.2) is 29.2 Å². The van der Waals surface area contributed by atoms with Crippen molar-refractivity contribution in [2.24, 2.45) is 18.9 Å². The number of nitrogens with one attached hydrogen (secondary N) is 2. The van der Waals surface area contributed by atoms with Crippen molar-refractivity contribution in [2.45, 2.75) is 25.9 Å². The summed E-state index contributed by atoms with van der Waals surface area (Å²) in [7, 11) is 3.05. The molecule has 1 aromatic carbocycles. The molecule has 1 saturated carbocycles. The lowest BCUT2D eigenvalue weighted by molar-refractivity contribution is 0.0691. The van der Waals surface area contributed by atoms with Crippen LogP contribution in [0.5, 0.6) is 0 Å². The lowest BCUT2D eigenvalue weighted by Crippen LogP contribution is -2.37. The van der Waals surface area contributed by atoms with Gasteiger partial charge in [0.15, 0.2) is 5.69 Å². The third kappa shape index (κ3) is 4.43. The van der Waals surface area contributed by atoms with Gasteiger partial charge in [-0.1, -0.05) is 17.7 Å². The van der Waals surface area contributed by atoms with E-state index >= 15 is 0 Å². The summed E-state index contributed by atoms with van der Waals surface area (Å²) in [5.74, 6) is -0.0825. The van der Waals surface area contributed by atoms with Gasteiger partial charge in [-0.05, 0) is 31.5 Å². The molecule has 194 valence electrons. The molecule has 2 fully saturated rings. The number of aromatic carboxylic acids is 1. The number of halogens is 1. The summed E-state index contributed by atoms with van der Waals surface area (Å²) in [6.45, 7) is 5.09. The molecule has 2 aliphatic rings. The van der Waals surface area contributed by atoms with Crippen molar-refractivity contribution in [2.75, 3.05) is 30.4 Å². The number of alkyl carbamates (subject to hydrolysis) is 1. The molecule has 1 aliphatic carbocycles. The number of hydrogen-bond acceptors (Lipinski definition) is 8. The first-order valence-electron chi connectivity index (χ1n) is 11.8. The number of anilines is 2. The predicted molar refractivity (Wildman–Crippen MR) is 138 cm³/mol. The topological polar surface area (TPSA) is 139 Å². The van der Waals surface area contributed by atoms with Crippen LogP contribution in [0.1, 0.15) is 34.6 Å². The number of carboxylic acid groups (broad SMARTS) is 1. The molecule has 11 nitrogen and oxygen atoms in total. The standard InChI is InChI=1S/C25H27ClN6O5/c1-11-5-14(12(2)28-18-7-13(26)8-27-21(18)23(34)35)19-15(6-11)22(33)31(3)24(29-19)32-9-16-17(10-32)20(16)30-25(36)37-4/h5-8,12,16-17,20,28H,9-10H2,1-4H3,(H,30,36)(H,34,35). The van der Waals surface area contributed by atoms with Crippen LogP contribution in [0, 0.1) is 18.8 Å². The molecule has 1 aliphatic heterocycles. The van der Waals surface area contributed by atoms with Crippen LogP contribution >= 0.6 is 11.6 Å². The maximum atomic E-state index is 13.4. The minimum Gasteiger partial charge on any atom is -0.476 e. The van der Waals surface area contributed by atoms with Gasteiger partial charge < -0.3 is 25.4 Å². The van der Waals surface area contributed by atoms with Crippen molar-refractivity contribution in [3.8, 4) is 0 Å². The Balaban J connectivity index is 1.49. The predicted octanol–water partition coefficient (Wildman–Crippen LogP) is 2.95. The van der Waals surface area contributed by atoms with Crippen molar-refractivity contribution in [3.63, 3.8) is 0 Å². The van der Waals surface area contributed by atoms with E-state index < -0.39 is 18.1 Å². The van der Waals surface area contributed by atoms with E-state index in [1.807, 2.05) is 26.0 Å². The van der Waals surface area contributed by atoms with Gasteiger partial charge in [0.1, 0.15) is 0 Å². The number of hydrogen-bond donors (Lipinski definition) is 3. The van der Waals surface area contributed by atoms with Crippen molar-refractivity contribution < 1.29 is 19.4 Å². The molecular weight excluding hydrogens is 500 g/mol. The van der Waals surface area contributed by atoms with Crippen LogP contribution in [0.2, 0.25) is 5.02 Å². The van der Waals surface area contributed by atoms with Crippen LogP contribution in [0.25, 0.3) is 10.9 Å². The molecule has 1 amide bonds. The average Bonchev–Trinajstić information content (AvgIpc) is 3.27. The quantitative estimate of drug-likeness (QED) is 0.442. The molecule has 3 unspecified atom stereocenters. The van der Waals surface area contributed by atoms with E-state index in [1.54, 1.807) is 11.6 Å². The molecule has 0 spiro atoms. The fourth-order valence-corrected chi connectivity index (χ4v) is 5.44. The van der Waals surface area contributed by atoms with Gasteiger partial charge in [0.2, 0.25) is 5.95 Å². The van der Waals surface area contributed by atoms with Gasteiger partial charge in [0.25, 0.3) is 5.56 Å². The number of carboxylic acids is 1. The minimum atomic E-state index is -1.18. The number of ether oxygens (including phenoxy) is 1. The number of benzene rings is 1. The third-order valence-electron chi connectivity index (χ3n) is 7.17. The number of nitrogens with zero attached hydrogens (tertiary/aromatic N) is 4. The highest BCUT2D eigenvalue weighted by atomic mass is 35.5. The van der Waals surface area contributed by atoms with Gasteiger partial charge in [0, 0.05) is 49.8 Å². The van der Waals surface area contributed by atoms with Crippen LogP contribution in [-0.2, 0) is 11.8 Å². The summed E-state index contributed by atoms with van der Waals surface area (Å²) in [5.41, 5.74) is 2.13. The number of amides is 1. The number of methoxy groups -OCH3 is 1. The first-order chi connectivity index (χ1) is 17.6. The molecule has 5 rings (SSSR count). The van der Waals surface area contributed by atoms with E-state index in [2.05, 4.69) is 20.5 Å². The Morgan fingerprint density at radius 1 is 1.24 bits per heavy atom. The van der Waals surface area contributed by atoms with E-state index in [-0.39, 0.29) is 34.8 Å². The molecule has 12 heteroatoms. The minimum absolute atomic E-state index is 0.0679. The van der Waals surface area contributed by atoms with Gasteiger partial charge in [-0.2, -0.15) is 0 Å². The largest absolute Gasteiger partial charge is 0.476 e. The van der Waals surface area contributed by atoms with Crippen LogP contribution in [0.3, 0.4) is 0 Å². The first-order valence-corrected chi connectivity index (χ1v) is 12.2. The maximum absolute atomic E-state index is 13.4. The smallest absolute Gasteiger partial charge is 0.407 e. The summed E-state index contributed by atoms with van der Waals surface area (Å²) < 4.78 is 6.26. The van der Waals surface area contributed by atoms with Gasteiger partial charge in [-0.25, -0.2) is 19.6 Å².